The van der Waals surface area contributed by atoms with Crippen LogP contribution in [0.4, 0.5) is 0 Å². The molecule has 2 rings (SSSR count). The number of carbonyl (C=O) groups is 1. The lowest BCUT2D eigenvalue weighted by atomic mass is 10.00. The largest absolute Gasteiger partial charge is 0.461 e. The van der Waals surface area contributed by atoms with Gasteiger partial charge in [-0.25, -0.2) is 4.79 Å². The number of alkyl halides is 1. The van der Waals surface area contributed by atoms with E-state index in [1.54, 1.807) is 0 Å². The number of cyclic esters (lactones) is 1. The molecule has 0 spiro atoms. The summed E-state index contributed by atoms with van der Waals surface area (Å²) < 4.78 is 5.37. The Morgan fingerprint density at radius 1 is 1.11 bits per heavy atom. The van der Waals surface area contributed by atoms with E-state index in [4.69, 9.17) is 4.74 Å². The molecule has 2 nitrogen and oxygen atoms in total. The lowest BCUT2D eigenvalue weighted by molar-refractivity contribution is 0.0503. The van der Waals surface area contributed by atoms with Gasteiger partial charge in [0.25, 0.3) is 0 Å². The van der Waals surface area contributed by atoms with Gasteiger partial charge in [-0.3, -0.25) is 0 Å². The van der Waals surface area contributed by atoms with E-state index >= 15 is 0 Å². The van der Waals surface area contributed by atoms with Crippen LogP contribution in [0.3, 0.4) is 0 Å². The molecule has 0 aliphatic carbocycles. The molecule has 1 unspecified atom stereocenters. The Hall–Kier alpha value is -0.830. The molecule has 0 saturated heterocycles. The predicted octanol–water partition coefficient (Wildman–Crippen LogP) is 4.11. The van der Waals surface area contributed by atoms with Crippen LogP contribution in [0.15, 0.2) is 24.3 Å². The molecule has 0 saturated carbocycles. The zero-order valence-electron chi connectivity index (χ0n) is 10.5. The van der Waals surface area contributed by atoms with Crippen LogP contribution in [0.1, 0.15) is 48.0 Å². The summed E-state index contributed by atoms with van der Waals surface area (Å²) >= 11 is 3.57. The second-order valence-electron chi connectivity index (χ2n) is 4.81. The maximum atomic E-state index is 12.0. The van der Waals surface area contributed by atoms with Gasteiger partial charge < -0.3 is 4.74 Å². The molecule has 0 aromatic heterocycles. The highest BCUT2D eigenvalue weighted by Gasteiger charge is 2.15. The van der Waals surface area contributed by atoms with Crippen molar-refractivity contribution < 1.29 is 9.53 Å². The van der Waals surface area contributed by atoms with E-state index in [1.807, 2.05) is 24.3 Å². The van der Waals surface area contributed by atoms with Crippen LogP contribution in [-0.4, -0.2) is 17.4 Å². The molecule has 1 aromatic rings. The number of fused-ring (bicyclic) bond motifs is 1. The van der Waals surface area contributed by atoms with Gasteiger partial charge in [0, 0.05) is 4.83 Å². The Balaban J connectivity index is 2.13. The molecule has 0 amide bonds. The standard InChI is InChI=1S/C15H19BrO2/c16-13-9-4-2-1-3-7-12-8-5-6-10-14(12)15(17)18-11-13/h5-6,8,10,13H,1-4,7,9,11H2. The first-order valence-electron chi connectivity index (χ1n) is 6.66. The van der Waals surface area contributed by atoms with E-state index < -0.39 is 0 Å². The van der Waals surface area contributed by atoms with E-state index in [1.165, 1.54) is 19.3 Å². The highest BCUT2D eigenvalue weighted by atomic mass is 79.9. The van der Waals surface area contributed by atoms with Crippen molar-refractivity contribution in [3.05, 3.63) is 35.4 Å². The van der Waals surface area contributed by atoms with Gasteiger partial charge in [-0.05, 0) is 30.9 Å². The monoisotopic (exact) mass is 310 g/mol. The number of hydrogen-bond donors (Lipinski definition) is 0. The number of aryl methyl sites for hydroxylation is 1. The molecule has 0 radical (unpaired) electrons. The number of carbonyl (C=O) groups excluding carboxylic acids is 1. The van der Waals surface area contributed by atoms with E-state index in [-0.39, 0.29) is 10.8 Å². The van der Waals surface area contributed by atoms with Crippen molar-refractivity contribution in [1.29, 1.82) is 0 Å². The Morgan fingerprint density at radius 2 is 1.89 bits per heavy atom. The fraction of sp³-hybridized carbons (Fsp3) is 0.533. The summed E-state index contributed by atoms with van der Waals surface area (Å²) in [5, 5.41) is 0. The van der Waals surface area contributed by atoms with Gasteiger partial charge in [0.05, 0.1) is 5.56 Å². The SMILES string of the molecule is O=C1OCC(Br)CCCCCCc2ccccc21. The molecular weight excluding hydrogens is 292 g/mol. The van der Waals surface area contributed by atoms with Crippen LogP contribution < -0.4 is 0 Å². The van der Waals surface area contributed by atoms with Crippen molar-refractivity contribution in [2.24, 2.45) is 0 Å². The number of halogens is 1. The summed E-state index contributed by atoms with van der Waals surface area (Å²) in [5.41, 5.74) is 1.85. The molecule has 1 heterocycles. The normalized spacial score (nSPS) is 22.3. The first-order chi connectivity index (χ1) is 8.77. The molecule has 3 heteroatoms. The van der Waals surface area contributed by atoms with Crippen molar-refractivity contribution in [2.45, 2.75) is 43.4 Å². The number of rotatable bonds is 0. The molecule has 1 aliphatic heterocycles. The minimum atomic E-state index is -0.185. The second kappa shape index (κ2) is 6.93. The highest BCUT2D eigenvalue weighted by molar-refractivity contribution is 9.09. The third kappa shape index (κ3) is 3.84. The molecule has 1 aromatic carbocycles. The Kier molecular flexibility index (Phi) is 5.24. The predicted molar refractivity (Wildman–Crippen MR) is 76.2 cm³/mol. The van der Waals surface area contributed by atoms with E-state index in [9.17, 15) is 4.79 Å². The minimum Gasteiger partial charge on any atom is -0.461 e. The first-order valence-corrected chi connectivity index (χ1v) is 7.58. The van der Waals surface area contributed by atoms with Gasteiger partial charge in [-0.15, -0.1) is 0 Å². The van der Waals surface area contributed by atoms with Crippen LogP contribution in [0, 0.1) is 0 Å². The molecule has 18 heavy (non-hydrogen) atoms. The van der Waals surface area contributed by atoms with Crippen molar-refractivity contribution in [2.75, 3.05) is 6.61 Å². The summed E-state index contributed by atoms with van der Waals surface area (Å²) in [5.74, 6) is -0.185. The lowest BCUT2D eigenvalue weighted by Crippen LogP contribution is -2.16. The molecule has 0 bridgehead atoms. The number of benzene rings is 1. The molecular formula is C15H19BrO2. The van der Waals surface area contributed by atoms with Crippen LogP contribution in [0.2, 0.25) is 0 Å². The van der Waals surface area contributed by atoms with Crippen LogP contribution in [-0.2, 0) is 11.2 Å². The highest BCUT2D eigenvalue weighted by Crippen LogP contribution is 2.18. The molecule has 1 aliphatic rings. The van der Waals surface area contributed by atoms with Crippen molar-refractivity contribution in [3.63, 3.8) is 0 Å². The maximum absolute atomic E-state index is 12.0. The van der Waals surface area contributed by atoms with Crippen molar-refractivity contribution in [1.82, 2.24) is 0 Å². The lowest BCUT2D eigenvalue weighted by Gasteiger charge is -2.14. The Morgan fingerprint density at radius 3 is 2.78 bits per heavy atom. The summed E-state index contributed by atoms with van der Waals surface area (Å²) in [4.78, 5) is 12.3. The summed E-state index contributed by atoms with van der Waals surface area (Å²) in [6.07, 6.45) is 6.91. The fourth-order valence-electron chi connectivity index (χ4n) is 2.30. The zero-order valence-corrected chi connectivity index (χ0v) is 12.1. The number of esters is 1. The molecule has 98 valence electrons. The average molecular weight is 311 g/mol. The maximum Gasteiger partial charge on any atom is 0.338 e. The van der Waals surface area contributed by atoms with Gasteiger partial charge in [0.2, 0.25) is 0 Å². The number of hydrogen-bond acceptors (Lipinski definition) is 2. The van der Waals surface area contributed by atoms with Gasteiger partial charge >= 0.3 is 5.97 Å². The third-order valence-electron chi connectivity index (χ3n) is 3.35. The smallest absolute Gasteiger partial charge is 0.338 e. The van der Waals surface area contributed by atoms with Crippen LogP contribution in [0.5, 0.6) is 0 Å². The Labute approximate surface area is 117 Å². The van der Waals surface area contributed by atoms with Gasteiger partial charge in [-0.1, -0.05) is 53.4 Å². The van der Waals surface area contributed by atoms with Crippen LogP contribution >= 0.6 is 15.9 Å². The third-order valence-corrected chi connectivity index (χ3v) is 4.07. The average Bonchev–Trinajstić information content (AvgIpc) is 2.39. The van der Waals surface area contributed by atoms with E-state index in [0.29, 0.717) is 6.61 Å². The van der Waals surface area contributed by atoms with E-state index in [2.05, 4.69) is 15.9 Å². The fourth-order valence-corrected chi connectivity index (χ4v) is 2.76. The first kappa shape index (κ1) is 13.6. The summed E-state index contributed by atoms with van der Waals surface area (Å²) in [6, 6.07) is 7.80. The van der Waals surface area contributed by atoms with Gasteiger partial charge in [0.15, 0.2) is 0 Å². The van der Waals surface area contributed by atoms with Crippen LogP contribution in [0.25, 0.3) is 0 Å². The molecule has 0 fully saturated rings. The Bertz CT molecular complexity index is 403. The zero-order chi connectivity index (χ0) is 12.8. The van der Waals surface area contributed by atoms with E-state index in [0.717, 1.165) is 30.4 Å². The molecule has 0 N–H and O–H groups in total. The topological polar surface area (TPSA) is 26.3 Å². The van der Waals surface area contributed by atoms with Crippen molar-refractivity contribution in [3.8, 4) is 0 Å². The minimum absolute atomic E-state index is 0.185. The number of ether oxygens (including phenoxy) is 1. The van der Waals surface area contributed by atoms with Gasteiger partial charge in [0.1, 0.15) is 6.61 Å². The second-order valence-corrected chi connectivity index (χ2v) is 6.10. The van der Waals surface area contributed by atoms with Gasteiger partial charge in [-0.2, -0.15) is 0 Å². The van der Waals surface area contributed by atoms with Crippen molar-refractivity contribution >= 4 is 21.9 Å². The summed E-state index contributed by atoms with van der Waals surface area (Å²) in [6.45, 7) is 0.465. The quantitative estimate of drug-likeness (QED) is 0.532. The summed E-state index contributed by atoms with van der Waals surface area (Å²) in [7, 11) is 0. The molecule has 1 atom stereocenters.